The first kappa shape index (κ1) is 23.5. The van der Waals surface area contributed by atoms with Crippen molar-refractivity contribution in [1.82, 2.24) is 4.31 Å². The minimum Gasteiger partial charge on any atom is -0.465 e. The number of hydrogen-bond acceptors (Lipinski definition) is 5. The maximum absolute atomic E-state index is 13.1. The average Bonchev–Trinajstić information content (AvgIpc) is 3.05. The third-order valence-corrected chi connectivity index (χ3v) is 7.72. The SMILES string of the molecule is COC(=O)c1ccc(Cl)c(NC(=O)c2ccc(Cl)c(S(=O)(=O)N3CCCCCC3)c2)c1. The summed E-state index contributed by atoms with van der Waals surface area (Å²) in [7, 11) is -2.60. The van der Waals surface area contributed by atoms with Crippen molar-refractivity contribution in [2.75, 3.05) is 25.5 Å². The molecular weight excluding hydrogens is 463 g/mol. The smallest absolute Gasteiger partial charge is 0.337 e. The second-order valence-corrected chi connectivity index (χ2v) is 9.82. The molecule has 10 heteroatoms. The Morgan fingerprint density at radius 1 is 0.935 bits per heavy atom. The molecule has 2 aromatic carbocycles. The van der Waals surface area contributed by atoms with E-state index in [1.54, 1.807) is 0 Å². The van der Waals surface area contributed by atoms with Gasteiger partial charge >= 0.3 is 5.97 Å². The van der Waals surface area contributed by atoms with Gasteiger partial charge in [-0.3, -0.25) is 4.79 Å². The van der Waals surface area contributed by atoms with Crippen molar-refractivity contribution in [3.63, 3.8) is 0 Å². The number of methoxy groups -OCH3 is 1. The van der Waals surface area contributed by atoms with Gasteiger partial charge in [-0.25, -0.2) is 13.2 Å². The molecule has 1 aliphatic heterocycles. The molecule has 0 bridgehead atoms. The molecule has 166 valence electrons. The Kier molecular flexibility index (Phi) is 7.59. The third-order valence-electron chi connectivity index (χ3n) is 5.01. The van der Waals surface area contributed by atoms with Crippen LogP contribution in [0.5, 0.6) is 0 Å². The number of carbonyl (C=O) groups excluding carboxylic acids is 2. The van der Waals surface area contributed by atoms with E-state index in [2.05, 4.69) is 10.1 Å². The van der Waals surface area contributed by atoms with E-state index < -0.39 is 21.9 Å². The molecule has 0 spiro atoms. The molecule has 0 aromatic heterocycles. The highest BCUT2D eigenvalue weighted by atomic mass is 35.5. The van der Waals surface area contributed by atoms with E-state index in [-0.39, 0.29) is 31.8 Å². The van der Waals surface area contributed by atoms with Gasteiger partial charge in [0.05, 0.1) is 28.4 Å². The number of nitrogens with one attached hydrogen (secondary N) is 1. The third kappa shape index (κ3) is 5.38. The second kappa shape index (κ2) is 9.99. The quantitative estimate of drug-likeness (QED) is 0.625. The topological polar surface area (TPSA) is 92.8 Å². The molecule has 0 saturated carbocycles. The van der Waals surface area contributed by atoms with E-state index in [9.17, 15) is 18.0 Å². The maximum Gasteiger partial charge on any atom is 0.337 e. The van der Waals surface area contributed by atoms with Crippen molar-refractivity contribution in [3.8, 4) is 0 Å². The highest BCUT2D eigenvalue weighted by Gasteiger charge is 2.28. The average molecular weight is 485 g/mol. The van der Waals surface area contributed by atoms with Crippen LogP contribution in [0.3, 0.4) is 0 Å². The van der Waals surface area contributed by atoms with Gasteiger partial charge in [0, 0.05) is 18.7 Å². The van der Waals surface area contributed by atoms with Crippen molar-refractivity contribution in [1.29, 1.82) is 0 Å². The minimum absolute atomic E-state index is 0.0477. The molecule has 1 aliphatic rings. The van der Waals surface area contributed by atoms with Crippen molar-refractivity contribution in [2.24, 2.45) is 0 Å². The second-order valence-electron chi connectivity index (χ2n) is 7.10. The molecular formula is C21H22Cl2N2O5S. The molecule has 0 atom stereocenters. The lowest BCUT2D eigenvalue weighted by Gasteiger charge is -2.21. The summed E-state index contributed by atoms with van der Waals surface area (Å²) in [4.78, 5) is 24.4. The first-order valence-electron chi connectivity index (χ1n) is 9.73. The van der Waals surface area contributed by atoms with Crippen LogP contribution in [0.1, 0.15) is 46.4 Å². The highest BCUT2D eigenvalue weighted by Crippen LogP contribution is 2.29. The van der Waals surface area contributed by atoms with Crippen LogP contribution >= 0.6 is 23.2 Å². The van der Waals surface area contributed by atoms with E-state index in [0.29, 0.717) is 13.1 Å². The molecule has 1 N–H and O–H groups in total. The van der Waals surface area contributed by atoms with Crippen LogP contribution in [0.4, 0.5) is 5.69 Å². The zero-order valence-corrected chi connectivity index (χ0v) is 19.2. The maximum atomic E-state index is 13.1. The summed E-state index contributed by atoms with van der Waals surface area (Å²) in [5.74, 6) is -1.17. The largest absolute Gasteiger partial charge is 0.465 e. The van der Waals surface area contributed by atoms with E-state index in [0.717, 1.165) is 25.7 Å². The number of benzene rings is 2. The van der Waals surface area contributed by atoms with E-state index >= 15 is 0 Å². The van der Waals surface area contributed by atoms with Gasteiger partial charge in [0.1, 0.15) is 4.90 Å². The highest BCUT2D eigenvalue weighted by molar-refractivity contribution is 7.89. The number of hydrogen-bond donors (Lipinski definition) is 1. The molecule has 1 saturated heterocycles. The molecule has 2 aromatic rings. The number of carbonyl (C=O) groups is 2. The van der Waals surface area contributed by atoms with Gasteiger partial charge < -0.3 is 10.1 Å². The number of esters is 1. The monoisotopic (exact) mass is 484 g/mol. The van der Waals surface area contributed by atoms with Gasteiger partial charge in [-0.2, -0.15) is 4.31 Å². The number of ether oxygens (including phenoxy) is 1. The van der Waals surface area contributed by atoms with E-state index in [1.807, 2.05) is 0 Å². The number of rotatable bonds is 5. The molecule has 0 aliphatic carbocycles. The summed E-state index contributed by atoms with van der Waals surface area (Å²) in [6, 6.07) is 8.39. The van der Waals surface area contributed by atoms with Crippen LogP contribution in [0.2, 0.25) is 10.0 Å². The summed E-state index contributed by atoms with van der Waals surface area (Å²) in [5, 5.41) is 2.87. The van der Waals surface area contributed by atoms with Crippen LogP contribution < -0.4 is 5.32 Å². The van der Waals surface area contributed by atoms with Crippen molar-refractivity contribution >= 4 is 50.8 Å². The summed E-state index contributed by atoms with van der Waals surface area (Å²) < 4.78 is 32.4. The Hall–Kier alpha value is -2.13. The predicted molar refractivity (Wildman–Crippen MR) is 119 cm³/mol. The molecule has 1 fully saturated rings. The molecule has 1 heterocycles. The van der Waals surface area contributed by atoms with Crippen LogP contribution in [0.25, 0.3) is 0 Å². The van der Waals surface area contributed by atoms with Crippen LogP contribution in [-0.4, -0.2) is 44.8 Å². The minimum atomic E-state index is -3.84. The standard InChI is InChI=1S/C21H22Cl2N2O5S/c1-30-21(27)15-7-8-16(22)18(12-15)24-20(26)14-6-9-17(23)19(13-14)31(28,29)25-10-4-2-3-5-11-25/h6-9,12-13H,2-5,10-11H2,1H3,(H,24,26). The number of nitrogens with zero attached hydrogens (tertiary/aromatic N) is 1. The molecule has 1 amide bonds. The fourth-order valence-electron chi connectivity index (χ4n) is 3.32. The summed E-state index contributed by atoms with van der Waals surface area (Å²) in [5.41, 5.74) is 0.501. The Morgan fingerprint density at radius 3 is 2.19 bits per heavy atom. The number of anilines is 1. The van der Waals surface area contributed by atoms with Crippen molar-refractivity contribution < 1.29 is 22.7 Å². The number of amides is 1. The predicted octanol–water partition coefficient (Wildman–Crippen LogP) is 4.60. The normalized spacial score (nSPS) is 15.2. The van der Waals surface area contributed by atoms with Crippen LogP contribution in [0.15, 0.2) is 41.3 Å². The summed E-state index contributed by atoms with van der Waals surface area (Å²) >= 11 is 12.3. The van der Waals surface area contributed by atoms with Crippen molar-refractivity contribution in [3.05, 3.63) is 57.6 Å². The molecule has 7 nitrogen and oxygen atoms in total. The number of halogens is 2. The zero-order valence-electron chi connectivity index (χ0n) is 16.9. The fourth-order valence-corrected chi connectivity index (χ4v) is 5.51. The van der Waals surface area contributed by atoms with Crippen molar-refractivity contribution in [2.45, 2.75) is 30.6 Å². The molecule has 0 radical (unpaired) electrons. The van der Waals surface area contributed by atoms with E-state index in [4.69, 9.17) is 23.2 Å². The van der Waals surface area contributed by atoms with Gasteiger partial charge in [0.25, 0.3) is 5.91 Å². The van der Waals surface area contributed by atoms with Gasteiger partial charge in [-0.1, -0.05) is 36.0 Å². The van der Waals surface area contributed by atoms with Crippen LogP contribution in [-0.2, 0) is 14.8 Å². The Morgan fingerprint density at radius 2 is 1.55 bits per heavy atom. The van der Waals surface area contributed by atoms with Gasteiger partial charge in [-0.05, 0) is 49.2 Å². The lowest BCUT2D eigenvalue weighted by molar-refractivity contribution is 0.0600. The molecule has 3 rings (SSSR count). The lowest BCUT2D eigenvalue weighted by atomic mass is 10.1. The summed E-state index contributed by atoms with van der Waals surface area (Å²) in [6.07, 6.45) is 3.53. The van der Waals surface area contributed by atoms with Crippen LogP contribution in [0, 0.1) is 0 Å². The summed E-state index contributed by atoms with van der Waals surface area (Å²) in [6.45, 7) is 0.843. The Balaban J connectivity index is 1.89. The Bertz CT molecular complexity index is 1100. The zero-order chi connectivity index (χ0) is 22.6. The molecule has 0 unspecified atom stereocenters. The molecule has 31 heavy (non-hydrogen) atoms. The first-order valence-corrected chi connectivity index (χ1v) is 11.9. The fraction of sp³-hybridized carbons (Fsp3) is 0.333. The van der Waals surface area contributed by atoms with Gasteiger partial charge in [0.2, 0.25) is 10.0 Å². The number of sulfonamides is 1. The Labute approximate surface area is 191 Å². The van der Waals surface area contributed by atoms with E-state index in [1.165, 1.54) is 47.8 Å². The first-order chi connectivity index (χ1) is 14.7. The van der Waals surface area contributed by atoms with Gasteiger partial charge in [-0.15, -0.1) is 0 Å². The van der Waals surface area contributed by atoms with Gasteiger partial charge in [0.15, 0.2) is 0 Å². The lowest BCUT2D eigenvalue weighted by Crippen LogP contribution is -2.32.